The van der Waals surface area contributed by atoms with Crippen LogP contribution in [0, 0.1) is 0 Å². The first-order valence-corrected chi connectivity index (χ1v) is 9.41. The van der Waals surface area contributed by atoms with Crippen molar-refractivity contribution in [3.8, 4) is 0 Å². The highest BCUT2D eigenvalue weighted by Crippen LogP contribution is 2.35. The van der Waals surface area contributed by atoms with E-state index in [1.165, 1.54) is 13.0 Å². The predicted molar refractivity (Wildman–Crippen MR) is 107 cm³/mol. The summed E-state index contributed by atoms with van der Waals surface area (Å²) >= 11 is 15.4. The number of urea groups is 1. The zero-order valence-corrected chi connectivity index (χ0v) is 17.2. The quantitative estimate of drug-likeness (QED) is 0.658. The summed E-state index contributed by atoms with van der Waals surface area (Å²) < 4.78 is 0.688. The van der Waals surface area contributed by atoms with Gasteiger partial charge in [-0.2, -0.15) is 0 Å². The van der Waals surface area contributed by atoms with E-state index in [1.54, 1.807) is 36.4 Å². The number of imide groups is 1. The predicted octanol–water partition coefficient (Wildman–Crippen LogP) is 4.16. The maximum absolute atomic E-state index is 12.9. The lowest BCUT2D eigenvalue weighted by Gasteiger charge is -2.23. The second-order valence-corrected chi connectivity index (χ2v) is 7.80. The number of hydrogen-bond donors (Lipinski definition) is 2. The smallest absolute Gasteiger partial charge is 0.324 e. The van der Waals surface area contributed by atoms with Gasteiger partial charge in [0.25, 0.3) is 5.91 Å². The molecule has 0 spiro atoms. The fourth-order valence-corrected chi connectivity index (χ4v) is 3.80. The van der Waals surface area contributed by atoms with Gasteiger partial charge in [-0.25, -0.2) is 4.79 Å². The zero-order valence-electron chi connectivity index (χ0n) is 14.1. The number of carbonyl (C=O) groups excluding carboxylic acids is 3. The zero-order chi connectivity index (χ0) is 19.8. The number of nitrogens with zero attached hydrogens (tertiary/aromatic N) is 1. The summed E-state index contributed by atoms with van der Waals surface area (Å²) in [6.07, 6.45) is 0. The number of amides is 4. The fraction of sp³-hybridized carbons (Fsp3) is 0.167. The second kappa shape index (κ2) is 7.50. The van der Waals surface area contributed by atoms with Gasteiger partial charge in [0, 0.05) is 20.1 Å². The van der Waals surface area contributed by atoms with Crippen LogP contribution in [0.3, 0.4) is 0 Å². The van der Waals surface area contributed by atoms with E-state index in [0.717, 1.165) is 4.90 Å². The summed E-state index contributed by atoms with van der Waals surface area (Å²) in [4.78, 5) is 38.4. The van der Waals surface area contributed by atoms with Gasteiger partial charge in [0.1, 0.15) is 12.1 Å². The number of hydrogen-bond acceptors (Lipinski definition) is 3. The standard InChI is InChI=1S/C18H14BrCl2N3O3/c1-18(11-7-6-10(20)8-13(11)21)16(26)24(17(27)23-18)9-15(25)22-14-5-3-2-4-12(14)19/h2-8H,9H2,1H3,(H,22,25)(H,23,27). The molecule has 1 aliphatic rings. The molecule has 6 nitrogen and oxygen atoms in total. The van der Waals surface area contributed by atoms with Gasteiger partial charge in [0.2, 0.25) is 5.91 Å². The lowest BCUT2D eigenvalue weighted by molar-refractivity contribution is -0.133. The molecule has 0 saturated carbocycles. The summed E-state index contributed by atoms with van der Waals surface area (Å²) in [5, 5.41) is 5.93. The normalized spacial score (nSPS) is 19.2. The molecule has 0 aliphatic carbocycles. The van der Waals surface area contributed by atoms with Crippen molar-refractivity contribution in [3.05, 3.63) is 62.5 Å². The van der Waals surface area contributed by atoms with E-state index >= 15 is 0 Å². The van der Waals surface area contributed by atoms with Crippen molar-refractivity contribution < 1.29 is 14.4 Å². The third-order valence-electron chi connectivity index (χ3n) is 4.19. The first-order chi connectivity index (χ1) is 12.7. The van der Waals surface area contributed by atoms with E-state index in [-0.39, 0.29) is 5.02 Å². The van der Waals surface area contributed by atoms with Crippen LogP contribution in [0.2, 0.25) is 10.0 Å². The number of anilines is 1. The van der Waals surface area contributed by atoms with Gasteiger partial charge in [-0.3, -0.25) is 14.5 Å². The summed E-state index contributed by atoms with van der Waals surface area (Å²) in [6.45, 7) is 1.11. The van der Waals surface area contributed by atoms with Gasteiger partial charge in [-0.1, -0.05) is 41.4 Å². The SMILES string of the molecule is CC1(c2ccc(Cl)cc2Cl)NC(=O)N(CC(=O)Nc2ccccc2Br)C1=O. The van der Waals surface area contributed by atoms with Crippen LogP contribution in [0.1, 0.15) is 12.5 Å². The minimum Gasteiger partial charge on any atom is -0.324 e. The van der Waals surface area contributed by atoms with Gasteiger partial charge in [0.05, 0.1) is 5.69 Å². The molecule has 1 saturated heterocycles. The lowest BCUT2D eigenvalue weighted by atomic mass is 9.92. The highest BCUT2D eigenvalue weighted by atomic mass is 79.9. The monoisotopic (exact) mass is 469 g/mol. The molecule has 1 heterocycles. The molecule has 2 aromatic carbocycles. The first kappa shape index (κ1) is 19.7. The lowest BCUT2D eigenvalue weighted by Crippen LogP contribution is -2.42. The number of benzene rings is 2. The van der Waals surface area contributed by atoms with Crippen LogP contribution in [0.5, 0.6) is 0 Å². The molecule has 3 rings (SSSR count). The number of rotatable bonds is 4. The molecule has 9 heteroatoms. The van der Waals surface area contributed by atoms with Crippen LogP contribution in [-0.2, 0) is 15.1 Å². The van der Waals surface area contributed by atoms with Crippen LogP contribution in [-0.4, -0.2) is 29.3 Å². The van der Waals surface area contributed by atoms with Gasteiger partial charge >= 0.3 is 6.03 Å². The molecule has 0 bridgehead atoms. The Labute approximate surface area is 173 Å². The van der Waals surface area contributed by atoms with Crippen molar-refractivity contribution in [2.45, 2.75) is 12.5 Å². The van der Waals surface area contributed by atoms with E-state index in [0.29, 0.717) is 20.7 Å². The Morgan fingerprint density at radius 3 is 2.59 bits per heavy atom. The Kier molecular flexibility index (Phi) is 5.46. The highest BCUT2D eigenvalue weighted by molar-refractivity contribution is 9.10. The van der Waals surface area contributed by atoms with Crippen LogP contribution in [0.4, 0.5) is 10.5 Å². The third-order valence-corrected chi connectivity index (χ3v) is 5.43. The Morgan fingerprint density at radius 2 is 1.93 bits per heavy atom. The first-order valence-electron chi connectivity index (χ1n) is 7.86. The van der Waals surface area contributed by atoms with E-state index in [4.69, 9.17) is 23.2 Å². The molecule has 140 valence electrons. The summed E-state index contributed by atoms with van der Waals surface area (Å²) in [7, 11) is 0. The Balaban J connectivity index is 1.80. The average Bonchev–Trinajstić information content (AvgIpc) is 2.81. The molecular weight excluding hydrogens is 457 g/mol. The van der Waals surface area contributed by atoms with Gasteiger partial charge < -0.3 is 10.6 Å². The van der Waals surface area contributed by atoms with Gasteiger partial charge in [-0.15, -0.1) is 0 Å². The molecule has 0 aromatic heterocycles. The largest absolute Gasteiger partial charge is 0.325 e. The molecular formula is C18H14BrCl2N3O3. The third kappa shape index (κ3) is 3.81. The summed E-state index contributed by atoms with van der Waals surface area (Å²) in [5.41, 5.74) is -0.439. The van der Waals surface area contributed by atoms with Crippen LogP contribution in [0.15, 0.2) is 46.9 Å². The molecule has 1 fully saturated rings. The van der Waals surface area contributed by atoms with Crippen molar-refractivity contribution in [1.29, 1.82) is 0 Å². The minimum atomic E-state index is -1.38. The molecule has 1 aliphatic heterocycles. The van der Waals surface area contributed by atoms with Crippen molar-refractivity contribution >= 4 is 62.7 Å². The van der Waals surface area contributed by atoms with E-state index in [2.05, 4.69) is 26.6 Å². The summed E-state index contributed by atoms with van der Waals surface area (Å²) in [5.74, 6) is -1.07. The molecule has 2 N–H and O–H groups in total. The van der Waals surface area contributed by atoms with Crippen LogP contribution >= 0.6 is 39.1 Å². The topological polar surface area (TPSA) is 78.5 Å². The second-order valence-electron chi connectivity index (χ2n) is 6.10. The van der Waals surface area contributed by atoms with Gasteiger partial charge in [0.15, 0.2) is 0 Å². The fourth-order valence-electron chi connectivity index (χ4n) is 2.81. The molecule has 1 atom stereocenters. The molecule has 4 amide bonds. The molecule has 2 aromatic rings. The van der Waals surface area contributed by atoms with Crippen molar-refractivity contribution in [2.24, 2.45) is 0 Å². The van der Waals surface area contributed by atoms with Crippen molar-refractivity contribution in [2.75, 3.05) is 11.9 Å². The van der Waals surface area contributed by atoms with Crippen LogP contribution < -0.4 is 10.6 Å². The molecule has 1 unspecified atom stereocenters. The molecule has 27 heavy (non-hydrogen) atoms. The van der Waals surface area contributed by atoms with Crippen molar-refractivity contribution in [3.63, 3.8) is 0 Å². The molecule has 0 radical (unpaired) electrons. The van der Waals surface area contributed by atoms with Crippen LogP contribution in [0.25, 0.3) is 0 Å². The maximum Gasteiger partial charge on any atom is 0.325 e. The number of halogens is 3. The van der Waals surface area contributed by atoms with Gasteiger partial charge in [-0.05, 0) is 47.1 Å². The number of para-hydroxylation sites is 1. The minimum absolute atomic E-state index is 0.248. The Bertz CT molecular complexity index is 953. The summed E-state index contributed by atoms with van der Waals surface area (Å²) in [6, 6.07) is 11.0. The highest BCUT2D eigenvalue weighted by Gasteiger charge is 2.50. The van der Waals surface area contributed by atoms with E-state index in [1.807, 2.05) is 0 Å². The van der Waals surface area contributed by atoms with E-state index in [9.17, 15) is 14.4 Å². The number of carbonyl (C=O) groups is 3. The maximum atomic E-state index is 12.9. The average molecular weight is 471 g/mol. The Hall–Kier alpha value is -2.09. The number of nitrogens with one attached hydrogen (secondary N) is 2. The Morgan fingerprint density at radius 1 is 1.22 bits per heavy atom. The van der Waals surface area contributed by atoms with Crippen molar-refractivity contribution in [1.82, 2.24) is 10.2 Å². The van der Waals surface area contributed by atoms with E-state index < -0.39 is 29.9 Å².